The van der Waals surface area contributed by atoms with Crippen LogP contribution in [-0.4, -0.2) is 49.7 Å². The lowest BCUT2D eigenvalue weighted by molar-refractivity contribution is 0.224. The average Bonchev–Trinajstić information content (AvgIpc) is 2.76. The molecule has 20 heavy (non-hydrogen) atoms. The molecule has 1 saturated heterocycles. The second kappa shape index (κ2) is 5.74. The molecule has 0 spiro atoms. The molecule has 3 heteroatoms. The molecule has 0 bridgehead atoms. The van der Waals surface area contributed by atoms with Gasteiger partial charge in [-0.1, -0.05) is 17.7 Å². The van der Waals surface area contributed by atoms with Crippen molar-refractivity contribution in [2.45, 2.75) is 39.3 Å². The number of aryl methyl sites for hydroxylation is 1. The van der Waals surface area contributed by atoms with Gasteiger partial charge in [-0.15, -0.1) is 0 Å². The fourth-order valence-electron chi connectivity index (χ4n) is 3.72. The van der Waals surface area contributed by atoms with Crippen LogP contribution in [0.2, 0.25) is 0 Å². The maximum Gasteiger partial charge on any atom is 0.0461 e. The van der Waals surface area contributed by atoms with Gasteiger partial charge in [-0.05, 0) is 38.8 Å². The molecule has 0 saturated carbocycles. The third-order valence-corrected chi connectivity index (χ3v) is 4.60. The molecule has 110 valence electrons. The largest absolute Gasteiger partial charge is 0.364 e. The summed E-state index contributed by atoms with van der Waals surface area (Å²) in [4.78, 5) is 5.26. The van der Waals surface area contributed by atoms with Crippen molar-refractivity contribution >= 4 is 5.69 Å². The minimum Gasteiger partial charge on any atom is -0.364 e. The number of piperazine rings is 1. The van der Waals surface area contributed by atoms with Gasteiger partial charge in [0.2, 0.25) is 0 Å². The topological polar surface area (TPSA) is 18.5 Å². The molecule has 0 radical (unpaired) electrons. The molecule has 1 atom stereocenters. The Kier molecular flexibility index (Phi) is 3.99. The first-order valence-corrected chi connectivity index (χ1v) is 7.96. The number of nitrogens with one attached hydrogen (secondary N) is 1. The molecule has 2 aliphatic rings. The third kappa shape index (κ3) is 2.70. The predicted molar refractivity (Wildman–Crippen MR) is 85.6 cm³/mol. The van der Waals surface area contributed by atoms with Gasteiger partial charge in [0.25, 0.3) is 0 Å². The maximum atomic E-state index is 3.44. The summed E-state index contributed by atoms with van der Waals surface area (Å²) < 4.78 is 0. The van der Waals surface area contributed by atoms with E-state index in [9.17, 15) is 0 Å². The van der Waals surface area contributed by atoms with Crippen LogP contribution in [0.15, 0.2) is 18.2 Å². The molecule has 1 aromatic rings. The molecule has 1 N–H and O–H groups in total. The Labute approximate surface area is 123 Å². The van der Waals surface area contributed by atoms with Crippen molar-refractivity contribution in [2.24, 2.45) is 0 Å². The van der Waals surface area contributed by atoms with E-state index in [4.69, 9.17) is 0 Å². The van der Waals surface area contributed by atoms with Gasteiger partial charge in [-0.2, -0.15) is 0 Å². The van der Waals surface area contributed by atoms with Gasteiger partial charge in [0.05, 0.1) is 0 Å². The van der Waals surface area contributed by atoms with E-state index < -0.39 is 0 Å². The van der Waals surface area contributed by atoms with Gasteiger partial charge in [0.15, 0.2) is 0 Å². The van der Waals surface area contributed by atoms with E-state index in [-0.39, 0.29) is 0 Å². The van der Waals surface area contributed by atoms with Crippen molar-refractivity contribution in [1.82, 2.24) is 10.2 Å². The fourth-order valence-corrected chi connectivity index (χ4v) is 3.72. The van der Waals surface area contributed by atoms with E-state index in [1.54, 1.807) is 5.56 Å². The lowest BCUT2D eigenvalue weighted by Gasteiger charge is -2.36. The summed E-state index contributed by atoms with van der Waals surface area (Å²) in [7, 11) is 0. The normalized spacial score (nSPS) is 23.4. The second-order valence-electron chi connectivity index (χ2n) is 6.54. The van der Waals surface area contributed by atoms with Gasteiger partial charge >= 0.3 is 0 Å². The van der Waals surface area contributed by atoms with E-state index in [2.05, 4.69) is 54.1 Å². The summed E-state index contributed by atoms with van der Waals surface area (Å²) in [6.07, 6.45) is 1.21. The van der Waals surface area contributed by atoms with Crippen molar-refractivity contribution in [1.29, 1.82) is 0 Å². The average molecular weight is 273 g/mol. The summed E-state index contributed by atoms with van der Waals surface area (Å²) in [5.41, 5.74) is 4.39. The highest BCUT2D eigenvalue weighted by atomic mass is 15.3. The van der Waals surface area contributed by atoms with Crippen LogP contribution >= 0.6 is 0 Å². The van der Waals surface area contributed by atoms with Crippen LogP contribution in [0.5, 0.6) is 0 Å². The zero-order valence-electron chi connectivity index (χ0n) is 13.0. The van der Waals surface area contributed by atoms with Crippen molar-refractivity contribution < 1.29 is 0 Å². The lowest BCUT2D eigenvalue weighted by atomic mass is 10.1. The Morgan fingerprint density at radius 3 is 2.70 bits per heavy atom. The van der Waals surface area contributed by atoms with Crippen LogP contribution in [0.1, 0.15) is 25.0 Å². The number of rotatable bonds is 3. The Hall–Kier alpha value is -1.06. The smallest absolute Gasteiger partial charge is 0.0461 e. The van der Waals surface area contributed by atoms with Crippen molar-refractivity contribution in [3.8, 4) is 0 Å². The van der Waals surface area contributed by atoms with Crippen LogP contribution in [0, 0.1) is 6.92 Å². The summed E-state index contributed by atoms with van der Waals surface area (Å²) in [5.74, 6) is 0. The highest BCUT2D eigenvalue weighted by molar-refractivity contribution is 5.61. The number of fused-ring (bicyclic) bond motifs is 1. The molecule has 0 aliphatic carbocycles. The van der Waals surface area contributed by atoms with Gasteiger partial charge in [-0.25, -0.2) is 0 Å². The number of hydrogen-bond donors (Lipinski definition) is 1. The summed E-state index contributed by atoms with van der Waals surface area (Å²) in [6, 6.07) is 8.17. The minimum absolute atomic E-state index is 0.576. The highest BCUT2D eigenvalue weighted by Crippen LogP contribution is 2.34. The molecular weight excluding hydrogens is 246 g/mol. The molecule has 1 aromatic carbocycles. The summed E-state index contributed by atoms with van der Waals surface area (Å²) in [6.45, 7) is 12.7. The summed E-state index contributed by atoms with van der Waals surface area (Å²) >= 11 is 0. The Balaban J connectivity index is 1.78. The Bertz CT molecular complexity index is 463. The van der Waals surface area contributed by atoms with Crippen molar-refractivity contribution in [3.63, 3.8) is 0 Å². The SMILES string of the molecule is Cc1ccc2c(c1)CC(CN1CCNCC1)N2C(C)C. The van der Waals surface area contributed by atoms with E-state index in [1.165, 1.54) is 37.3 Å². The van der Waals surface area contributed by atoms with Crippen LogP contribution < -0.4 is 10.2 Å². The van der Waals surface area contributed by atoms with Gasteiger partial charge < -0.3 is 10.2 Å². The van der Waals surface area contributed by atoms with Crippen molar-refractivity contribution in [3.05, 3.63) is 29.3 Å². The number of hydrogen-bond acceptors (Lipinski definition) is 3. The minimum atomic E-state index is 0.576. The van der Waals surface area contributed by atoms with Crippen LogP contribution in [0.25, 0.3) is 0 Å². The number of nitrogens with zero attached hydrogens (tertiary/aromatic N) is 2. The lowest BCUT2D eigenvalue weighted by Crippen LogP contribution is -2.50. The van der Waals surface area contributed by atoms with Crippen LogP contribution in [0.3, 0.4) is 0 Å². The molecular formula is C17H27N3. The Morgan fingerprint density at radius 2 is 2.00 bits per heavy atom. The van der Waals surface area contributed by atoms with Gasteiger partial charge in [0, 0.05) is 50.5 Å². The molecule has 2 heterocycles. The quantitative estimate of drug-likeness (QED) is 0.909. The predicted octanol–water partition coefficient (Wildman–Crippen LogP) is 2.04. The summed E-state index contributed by atoms with van der Waals surface area (Å²) in [5, 5.41) is 3.44. The van der Waals surface area contributed by atoms with Gasteiger partial charge in [0.1, 0.15) is 0 Å². The fraction of sp³-hybridized carbons (Fsp3) is 0.647. The molecule has 1 unspecified atom stereocenters. The molecule has 3 rings (SSSR count). The van der Waals surface area contributed by atoms with E-state index in [0.717, 1.165) is 13.1 Å². The van der Waals surface area contributed by atoms with Crippen molar-refractivity contribution in [2.75, 3.05) is 37.6 Å². The second-order valence-corrected chi connectivity index (χ2v) is 6.54. The van der Waals surface area contributed by atoms with E-state index in [1.807, 2.05) is 0 Å². The molecule has 0 amide bonds. The third-order valence-electron chi connectivity index (χ3n) is 4.60. The first kappa shape index (κ1) is 13.9. The zero-order chi connectivity index (χ0) is 14.1. The number of benzene rings is 1. The molecule has 3 nitrogen and oxygen atoms in total. The molecule has 0 aromatic heterocycles. The highest BCUT2D eigenvalue weighted by Gasteiger charge is 2.32. The Morgan fingerprint density at radius 1 is 1.25 bits per heavy atom. The first-order valence-electron chi connectivity index (χ1n) is 7.96. The first-order chi connectivity index (χ1) is 9.65. The molecule has 1 fully saturated rings. The molecule has 2 aliphatic heterocycles. The standard InChI is InChI=1S/C17H27N3/c1-13(2)20-16(12-19-8-6-18-7-9-19)11-15-10-14(3)4-5-17(15)20/h4-5,10,13,16,18H,6-9,11-12H2,1-3H3. The van der Waals surface area contributed by atoms with Gasteiger partial charge in [-0.3, -0.25) is 4.90 Å². The maximum absolute atomic E-state index is 3.44. The van der Waals surface area contributed by atoms with E-state index in [0.29, 0.717) is 12.1 Å². The zero-order valence-corrected chi connectivity index (χ0v) is 13.0. The van der Waals surface area contributed by atoms with E-state index >= 15 is 0 Å². The van der Waals surface area contributed by atoms with Crippen LogP contribution in [0.4, 0.5) is 5.69 Å². The number of anilines is 1. The van der Waals surface area contributed by atoms with Crippen LogP contribution in [-0.2, 0) is 6.42 Å². The monoisotopic (exact) mass is 273 g/mol.